The smallest absolute Gasteiger partial charge is 0.191 e. The minimum atomic E-state index is -0.585. The fraction of sp³-hybridized carbons (Fsp3) is 0.682. The summed E-state index contributed by atoms with van der Waals surface area (Å²) in [6, 6.07) is 11.0. The van der Waals surface area contributed by atoms with E-state index in [0.717, 1.165) is 32.1 Å². The zero-order chi connectivity index (χ0) is 20.2. The minimum Gasteiger partial charge on any atom is -0.389 e. The number of rotatable bonds is 11. The number of benzene rings is 1. The minimum absolute atomic E-state index is 0. The number of nitrogens with one attached hydrogen (secondary N) is 2. The maximum absolute atomic E-state index is 10.1. The molecule has 0 bridgehead atoms. The van der Waals surface area contributed by atoms with E-state index in [1.165, 1.54) is 18.4 Å². The van der Waals surface area contributed by atoms with Crippen LogP contribution in [0, 0.1) is 5.92 Å². The van der Waals surface area contributed by atoms with Gasteiger partial charge >= 0.3 is 0 Å². The Balaban J connectivity index is 0.00000420. The molecular formula is C22H39IN4O2. The van der Waals surface area contributed by atoms with Gasteiger partial charge in [0.15, 0.2) is 5.96 Å². The quantitative estimate of drug-likeness (QED) is 0.239. The standard InChI is InChI=1S/C22H38N4O2.HI/c1-4-23-22(24-14-20(27)17-28-16-18(2)3)25-15-21(26-12-8-9-13-26)19-10-6-5-7-11-19;/h5-7,10-11,18,20-21,27H,4,8-9,12-17H2,1-3H3,(H2,23,24,25);1H. The first-order chi connectivity index (χ1) is 13.6. The van der Waals surface area contributed by atoms with Crippen LogP contribution in [-0.2, 0) is 4.74 Å². The first-order valence-corrected chi connectivity index (χ1v) is 10.7. The van der Waals surface area contributed by atoms with Crippen molar-refractivity contribution in [1.29, 1.82) is 0 Å². The fourth-order valence-electron chi connectivity index (χ4n) is 3.41. The summed E-state index contributed by atoms with van der Waals surface area (Å²) in [5, 5.41) is 16.9. The SMILES string of the molecule is CCNC(=NCC(O)COCC(C)C)NCC(c1ccccc1)N1CCCC1.I. The predicted octanol–water partition coefficient (Wildman–Crippen LogP) is 3.03. The number of nitrogens with zero attached hydrogens (tertiary/aromatic N) is 2. The molecule has 0 radical (unpaired) electrons. The molecule has 1 fully saturated rings. The van der Waals surface area contributed by atoms with Crippen molar-refractivity contribution in [3.63, 3.8) is 0 Å². The molecule has 2 rings (SSSR count). The summed E-state index contributed by atoms with van der Waals surface area (Å²) in [4.78, 5) is 7.09. The van der Waals surface area contributed by atoms with E-state index in [4.69, 9.17) is 4.74 Å². The number of hydrogen-bond acceptors (Lipinski definition) is 4. The average molecular weight is 518 g/mol. The Morgan fingerprint density at radius 1 is 1.14 bits per heavy atom. The predicted molar refractivity (Wildman–Crippen MR) is 131 cm³/mol. The highest BCUT2D eigenvalue weighted by molar-refractivity contribution is 14.0. The Morgan fingerprint density at radius 2 is 1.83 bits per heavy atom. The summed E-state index contributed by atoms with van der Waals surface area (Å²) in [6.07, 6.45) is 1.94. The monoisotopic (exact) mass is 518 g/mol. The lowest BCUT2D eigenvalue weighted by Crippen LogP contribution is -2.43. The Kier molecular flexibility index (Phi) is 13.5. The van der Waals surface area contributed by atoms with Gasteiger partial charge < -0.3 is 20.5 Å². The van der Waals surface area contributed by atoms with Gasteiger partial charge in [0.05, 0.1) is 25.3 Å². The maximum atomic E-state index is 10.1. The zero-order valence-corrected chi connectivity index (χ0v) is 20.5. The summed E-state index contributed by atoms with van der Waals surface area (Å²) in [7, 11) is 0. The van der Waals surface area contributed by atoms with Crippen LogP contribution in [0.1, 0.15) is 45.2 Å². The van der Waals surface area contributed by atoms with Crippen LogP contribution in [0.15, 0.2) is 35.3 Å². The normalized spacial score (nSPS) is 17.1. The van der Waals surface area contributed by atoms with Crippen LogP contribution in [0.2, 0.25) is 0 Å². The lowest BCUT2D eigenvalue weighted by molar-refractivity contribution is 0.0301. The second-order valence-electron chi connectivity index (χ2n) is 7.86. The lowest BCUT2D eigenvalue weighted by Gasteiger charge is -2.29. The van der Waals surface area contributed by atoms with Crippen molar-refractivity contribution in [2.45, 2.75) is 45.8 Å². The number of halogens is 1. The van der Waals surface area contributed by atoms with Crippen LogP contribution in [0.4, 0.5) is 0 Å². The molecule has 0 aliphatic carbocycles. The van der Waals surface area contributed by atoms with Gasteiger partial charge in [0.25, 0.3) is 0 Å². The van der Waals surface area contributed by atoms with Crippen LogP contribution >= 0.6 is 24.0 Å². The number of aliphatic hydroxyl groups excluding tert-OH is 1. The van der Waals surface area contributed by atoms with Gasteiger partial charge in [0.1, 0.15) is 0 Å². The molecule has 0 saturated carbocycles. The van der Waals surface area contributed by atoms with E-state index >= 15 is 0 Å². The van der Waals surface area contributed by atoms with E-state index < -0.39 is 6.10 Å². The van der Waals surface area contributed by atoms with Crippen LogP contribution in [0.5, 0.6) is 0 Å². The third-order valence-electron chi connectivity index (χ3n) is 4.79. The molecule has 1 aromatic rings. The van der Waals surface area contributed by atoms with Gasteiger partial charge in [-0.1, -0.05) is 44.2 Å². The molecule has 0 amide bonds. The first-order valence-electron chi connectivity index (χ1n) is 10.7. The van der Waals surface area contributed by atoms with Crippen LogP contribution < -0.4 is 10.6 Å². The fourth-order valence-corrected chi connectivity index (χ4v) is 3.41. The van der Waals surface area contributed by atoms with E-state index in [-0.39, 0.29) is 24.0 Å². The third kappa shape index (κ3) is 10.1. The molecule has 0 aromatic heterocycles. The van der Waals surface area contributed by atoms with E-state index in [2.05, 4.69) is 71.6 Å². The van der Waals surface area contributed by atoms with Gasteiger partial charge in [-0.15, -0.1) is 24.0 Å². The topological polar surface area (TPSA) is 69.1 Å². The Bertz CT molecular complexity index is 565. The molecule has 0 spiro atoms. The molecule has 1 aliphatic heterocycles. The molecule has 2 unspecified atom stereocenters. The third-order valence-corrected chi connectivity index (χ3v) is 4.79. The van der Waals surface area contributed by atoms with Crippen LogP contribution in [0.3, 0.4) is 0 Å². The first kappa shape index (κ1) is 26.1. The van der Waals surface area contributed by atoms with Crippen molar-refractivity contribution >= 4 is 29.9 Å². The lowest BCUT2D eigenvalue weighted by atomic mass is 10.1. The molecule has 6 nitrogen and oxygen atoms in total. The highest BCUT2D eigenvalue weighted by Gasteiger charge is 2.23. The largest absolute Gasteiger partial charge is 0.389 e. The van der Waals surface area contributed by atoms with Crippen LogP contribution in [0.25, 0.3) is 0 Å². The van der Waals surface area contributed by atoms with Crippen molar-refractivity contribution in [1.82, 2.24) is 15.5 Å². The Hall–Kier alpha value is -0.900. The molecule has 1 heterocycles. The van der Waals surface area contributed by atoms with E-state index in [1.807, 2.05) is 0 Å². The summed E-state index contributed by atoms with van der Waals surface area (Å²) in [5.41, 5.74) is 1.33. The molecular weight excluding hydrogens is 479 g/mol. The molecule has 166 valence electrons. The number of guanidine groups is 1. The van der Waals surface area contributed by atoms with Gasteiger partial charge in [0.2, 0.25) is 0 Å². The Morgan fingerprint density at radius 3 is 2.45 bits per heavy atom. The van der Waals surface area contributed by atoms with Gasteiger partial charge in [-0.05, 0) is 44.3 Å². The second kappa shape index (κ2) is 15.0. The summed E-state index contributed by atoms with van der Waals surface area (Å²) >= 11 is 0. The summed E-state index contributed by atoms with van der Waals surface area (Å²) in [5.74, 6) is 1.21. The number of aliphatic hydroxyl groups is 1. The number of aliphatic imine (C=N–C) groups is 1. The molecule has 7 heteroatoms. The van der Waals surface area contributed by atoms with E-state index in [1.54, 1.807) is 0 Å². The molecule has 2 atom stereocenters. The number of likely N-dealkylation sites (tertiary alicyclic amines) is 1. The number of ether oxygens (including phenoxy) is 1. The maximum Gasteiger partial charge on any atom is 0.191 e. The van der Waals surface area contributed by atoms with Crippen molar-refractivity contribution in [3.8, 4) is 0 Å². The average Bonchev–Trinajstić information content (AvgIpc) is 3.21. The van der Waals surface area contributed by atoms with Gasteiger partial charge in [-0.3, -0.25) is 9.89 Å². The van der Waals surface area contributed by atoms with Gasteiger partial charge in [0, 0.05) is 19.7 Å². The molecule has 1 aliphatic rings. The summed E-state index contributed by atoms with van der Waals surface area (Å²) < 4.78 is 5.51. The van der Waals surface area contributed by atoms with Gasteiger partial charge in [-0.25, -0.2) is 0 Å². The molecule has 1 saturated heterocycles. The molecule has 1 aromatic carbocycles. The molecule has 3 N–H and O–H groups in total. The van der Waals surface area contributed by atoms with Crippen LogP contribution in [-0.4, -0.2) is 68.0 Å². The van der Waals surface area contributed by atoms with Gasteiger partial charge in [-0.2, -0.15) is 0 Å². The zero-order valence-electron chi connectivity index (χ0n) is 18.1. The Labute approximate surface area is 193 Å². The van der Waals surface area contributed by atoms with Crippen molar-refractivity contribution < 1.29 is 9.84 Å². The highest BCUT2D eigenvalue weighted by atomic mass is 127. The number of hydrogen-bond donors (Lipinski definition) is 3. The van der Waals surface area contributed by atoms with E-state index in [9.17, 15) is 5.11 Å². The van der Waals surface area contributed by atoms with Crippen molar-refractivity contribution in [2.24, 2.45) is 10.9 Å². The van der Waals surface area contributed by atoms with E-state index in [0.29, 0.717) is 31.7 Å². The summed E-state index contributed by atoms with van der Waals surface area (Å²) in [6.45, 7) is 11.4. The molecule has 29 heavy (non-hydrogen) atoms. The van der Waals surface area contributed by atoms with Crippen molar-refractivity contribution in [3.05, 3.63) is 35.9 Å². The second-order valence-corrected chi connectivity index (χ2v) is 7.86. The highest BCUT2D eigenvalue weighted by Crippen LogP contribution is 2.24. The van der Waals surface area contributed by atoms with Crippen molar-refractivity contribution in [2.75, 3.05) is 45.9 Å².